The van der Waals surface area contributed by atoms with E-state index >= 15 is 0 Å². The van der Waals surface area contributed by atoms with Crippen LogP contribution >= 0.6 is 0 Å². The number of unbranched alkanes of at least 4 members (excludes halogenated alkanes) is 1. The van der Waals surface area contributed by atoms with E-state index in [1.54, 1.807) is 26.8 Å². The monoisotopic (exact) mass is 568 g/mol. The largest absolute Gasteiger partial charge is 0.507 e. The highest BCUT2D eigenvalue weighted by Gasteiger charge is 2.39. The predicted octanol–water partition coefficient (Wildman–Crippen LogP) is 6.20. The van der Waals surface area contributed by atoms with Gasteiger partial charge in [0.05, 0.1) is 5.92 Å². The number of carbonyl (C=O) groups excluding carboxylic acids is 2. The van der Waals surface area contributed by atoms with E-state index in [9.17, 15) is 19.8 Å². The summed E-state index contributed by atoms with van der Waals surface area (Å²) in [5, 5.41) is 24.9. The zero-order valence-corrected chi connectivity index (χ0v) is 26.2. The summed E-state index contributed by atoms with van der Waals surface area (Å²) in [6.07, 6.45) is 0.967. The first-order valence-corrected chi connectivity index (χ1v) is 14.9. The van der Waals surface area contributed by atoms with Crippen molar-refractivity contribution in [3.63, 3.8) is 0 Å². The molecule has 4 atom stereocenters. The Kier molecular flexibility index (Phi) is 12.4. The Morgan fingerprint density at radius 3 is 2.20 bits per heavy atom. The molecule has 0 aliphatic carbocycles. The van der Waals surface area contributed by atoms with E-state index in [2.05, 4.69) is 26.1 Å². The summed E-state index contributed by atoms with van der Waals surface area (Å²) >= 11 is 0. The Morgan fingerprint density at radius 1 is 1.02 bits per heavy atom. The van der Waals surface area contributed by atoms with Crippen molar-refractivity contribution in [1.82, 2.24) is 5.32 Å². The Morgan fingerprint density at radius 2 is 1.66 bits per heavy atom. The van der Waals surface area contributed by atoms with E-state index in [1.165, 1.54) is 0 Å². The molecule has 2 rings (SSSR count). The van der Waals surface area contributed by atoms with Gasteiger partial charge >= 0.3 is 5.97 Å². The van der Waals surface area contributed by atoms with Gasteiger partial charge in [0.2, 0.25) is 5.91 Å². The molecule has 0 aromatic heterocycles. The van der Waals surface area contributed by atoms with Crippen molar-refractivity contribution in [3.05, 3.63) is 54.1 Å². The molecule has 228 valence electrons. The number of nitrogens with two attached hydrogens (primary N) is 1. The number of aliphatic hydroxyl groups excluding tert-OH is 1. The van der Waals surface area contributed by atoms with Crippen LogP contribution in [0.25, 0.3) is 11.1 Å². The number of amides is 1. The van der Waals surface area contributed by atoms with Gasteiger partial charge in [0, 0.05) is 11.0 Å². The van der Waals surface area contributed by atoms with Crippen molar-refractivity contribution < 1.29 is 24.5 Å². The number of rotatable bonds is 14. The number of ether oxygens (including phenoxy) is 1. The number of phenolic OH excluding ortho intramolecular Hbond substituents is 1. The number of aliphatic hydroxyl groups is 1. The maximum absolute atomic E-state index is 13.4. The number of aromatic hydroxyl groups is 1. The molecule has 1 unspecified atom stereocenters. The Bertz CT molecular complexity index is 1120. The highest BCUT2D eigenvalue weighted by atomic mass is 16.6. The number of benzene rings is 2. The fourth-order valence-corrected chi connectivity index (χ4v) is 4.95. The van der Waals surface area contributed by atoms with Crippen molar-refractivity contribution in [1.29, 1.82) is 0 Å². The standard InChI is InChI=1S/C34H52N2O5/c1-9-10-18-34(7,8)32(40)36-30(35)29(38)27(31(39)41-33(4,5)6)21-25(22(2)3)19-23-16-17-26(28(37)20-23)24-14-12-11-13-15-24/h11-17,20,22,25,27,29-30,37-38H,9-10,18-19,21,35H2,1-8H3,(H,36,40)/t25-,27+,29+,30?/m1/s1. The average molecular weight is 569 g/mol. The minimum Gasteiger partial charge on any atom is -0.507 e. The van der Waals surface area contributed by atoms with Gasteiger partial charge in [-0.1, -0.05) is 89.9 Å². The van der Waals surface area contributed by atoms with Crippen LogP contribution in [0.1, 0.15) is 86.6 Å². The predicted molar refractivity (Wildman–Crippen MR) is 165 cm³/mol. The maximum Gasteiger partial charge on any atom is 0.312 e. The van der Waals surface area contributed by atoms with Crippen molar-refractivity contribution in [3.8, 4) is 16.9 Å². The molecule has 7 nitrogen and oxygen atoms in total. The molecule has 5 N–H and O–H groups in total. The Balaban J connectivity index is 2.28. The van der Waals surface area contributed by atoms with Gasteiger partial charge in [0.25, 0.3) is 0 Å². The molecule has 0 aliphatic rings. The second-order valence-electron chi connectivity index (χ2n) is 13.3. The van der Waals surface area contributed by atoms with Crippen LogP contribution in [0.3, 0.4) is 0 Å². The van der Waals surface area contributed by atoms with Crippen LogP contribution in [0.15, 0.2) is 48.5 Å². The second kappa shape index (κ2) is 14.8. The lowest BCUT2D eigenvalue weighted by molar-refractivity contribution is -0.166. The van der Waals surface area contributed by atoms with Gasteiger partial charge in [0.1, 0.15) is 23.6 Å². The number of carbonyl (C=O) groups is 2. The van der Waals surface area contributed by atoms with Crippen LogP contribution in [0.5, 0.6) is 5.75 Å². The van der Waals surface area contributed by atoms with E-state index in [4.69, 9.17) is 10.5 Å². The molecule has 1 amide bonds. The molecule has 2 aromatic rings. The van der Waals surface area contributed by atoms with Crippen molar-refractivity contribution in [2.75, 3.05) is 0 Å². The van der Waals surface area contributed by atoms with Gasteiger partial charge < -0.3 is 26.0 Å². The van der Waals surface area contributed by atoms with Gasteiger partial charge in [-0.25, -0.2) is 0 Å². The lowest BCUT2D eigenvalue weighted by Gasteiger charge is -2.34. The minimum atomic E-state index is -1.34. The summed E-state index contributed by atoms with van der Waals surface area (Å²) in [5.41, 5.74) is 7.52. The SMILES string of the molecule is CCCCC(C)(C)C(=O)NC(N)[C@@H](O)[C@H](C[C@@H](Cc1ccc(-c2ccccc2)c(O)c1)C(C)C)C(=O)OC(C)(C)C. The lowest BCUT2D eigenvalue weighted by Crippen LogP contribution is -2.57. The molecule has 0 heterocycles. The average Bonchev–Trinajstić information content (AvgIpc) is 2.88. The molecule has 7 heteroatoms. The van der Waals surface area contributed by atoms with Crippen LogP contribution < -0.4 is 11.1 Å². The Labute approximate surface area is 246 Å². The zero-order valence-electron chi connectivity index (χ0n) is 26.2. The molecule has 0 saturated carbocycles. The molecule has 0 fully saturated rings. The number of hydrogen-bond acceptors (Lipinski definition) is 6. The van der Waals surface area contributed by atoms with Gasteiger partial charge in [0.15, 0.2) is 0 Å². The topological polar surface area (TPSA) is 122 Å². The highest BCUT2D eigenvalue weighted by molar-refractivity contribution is 5.82. The van der Waals surface area contributed by atoms with Crippen LogP contribution in [-0.4, -0.2) is 40.0 Å². The van der Waals surface area contributed by atoms with Gasteiger partial charge in [-0.05, 0) is 69.1 Å². The summed E-state index contributed by atoms with van der Waals surface area (Å²) in [6.45, 7) is 15.3. The molecule has 0 radical (unpaired) electrons. The smallest absolute Gasteiger partial charge is 0.312 e. The van der Waals surface area contributed by atoms with Crippen LogP contribution in [-0.2, 0) is 20.7 Å². The van der Waals surface area contributed by atoms with Crippen LogP contribution in [0.2, 0.25) is 0 Å². The Hall–Kier alpha value is -2.90. The molecular weight excluding hydrogens is 516 g/mol. The molecule has 0 aliphatic heterocycles. The summed E-state index contributed by atoms with van der Waals surface area (Å²) < 4.78 is 5.70. The van der Waals surface area contributed by atoms with E-state index in [0.717, 1.165) is 29.5 Å². The van der Waals surface area contributed by atoms with E-state index in [-0.39, 0.29) is 23.5 Å². The minimum absolute atomic E-state index is 0.0342. The van der Waals surface area contributed by atoms with Crippen molar-refractivity contribution in [2.24, 2.45) is 28.9 Å². The van der Waals surface area contributed by atoms with Gasteiger partial charge in [-0.2, -0.15) is 0 Å². The first-order valence-electron chi connectivity index (χ1n) is 14.9. The second-order valence-corrected chi connectivity index (χ2v) is 13.3. The van der Waals surface area contributed by atoms with E-state index < -0.39 is 35.2 Å². The molecule has 41 heavy (non-hydrogen) atoms. The highest BCUT2D eigenvalue weighted by Crippen LogP contribution is 2.34. The van der Waals surface area contributed by atoms with Gasteiger partial charge in [-0.3, -0.25) is 9.59 Å². The molecule has 2 aromatic carbocycles. The third-order valence-corrected chi connectivity index (χ3v) is 7.70. The molecule has 0 saturated heterocycles. The maximum atomic E-state index is 13.4. The van der Waals surface area contributed by atoms with Crippen LogP contribution in [0, 0.1) is 23.2 Å². The third kappa shape index (κ3) is 10.5. The summed E-state index contributed by atoms with van der Waals surface area (Å²) in [6, 6.07) is 15.3. The zero-order chi connectivity index (χ0) is 31.0. The normalized spacial score (nSPS) is 15.2. The first kappa shape index (κ1) is 34.3. The van der Waals surface area contributed by atoms with E-state index in [1.807, 2.05) is 56.3 Å². The third-order valence-electron chi connectivity index (χ3n) is 7.70. The number of phenols is 1. The number of esters is 1. The fourth-order valence-electron chi connectivity index (χ4n) is 4.95. The van der Waals surface area contributed by atoms with E-state index in [0.29, 0.717) is 19.3 Å². The fraction of sp³-hybridized carbons (Fsp3) is 0.588. The van der Waals surface area contributed by atoms with Crippen molar-refractivity contribution >= 4 is 11.9 Å². The summed E-state index contributed by atoms with van der Waals surface area (Å²) in [7, 11) is 0. The number of hydrogen-bond donors (Lipinski definition) is 4. The molecule has 0 bridgehead atoms. The molecular formula is C34H52N2O5. The quantitative estimate of drug-likeness (QED) is 0.159. The van der Waals surface area contributed by atoms with Crippen LogP contribution in [0.4, 0.5) is 0 Å². The molecule has 0 spiro atoms. The van der Waals surface area contributed by atoms with Crippen molar-refractivity contribution in [2.45, 2.75) is 105 Å². The first-order chi connectivity index (χ1) is 19.1. The number of nitrogens with one attached hydrogen (secondary N) is 1. The lowest BCUT2D eigenvalue weighted by atomic mass is 9.79. The summed E-state index contributed by atoms with van der Waals surface area (Å²) in [5.74, 6) is -1.44. The summed E-state index contributed by atoms with van der Waals surface area (Å²) in [4.78, 5) is 26.4. The van der Waals surface area contributed by atoms with Gasteiger partial charge in [-0.15, -0.1) is 0 Å².